The van der Waals surface area contributed by atoms with Gasteiger partial charge in [-0.1, -0.05) is 19.9 Å². The summed E-state index contributed by atoms with van der Waals surface area (Å²) in [5.41, 5.74) is 2.38. The molecular formula is C21H28O3. The van der Waals surface area contributed by atoms with Crippen LogP contribution in [0, 0.1) is 23.2 Å². The van der Waals surface area contributed by atoms with E-state index >= 15 is 0 Å². The maximum absolute atomic E-state index is 13.1. The Morgan fingerprint density at radius 2 is 1.96 bits per heavy atom. The van der Waals surface area contributed by atoms with Crippen molar-refractivity contribution in [2.45, 2.75) is 51.6 Å². The molecule has 6 atom stereocenters. The Labute approximate surface area is 144 Å². The molecule has 1 aromatic carbocycles. The molecule has 0 radical (unpaired) electrons. The average Bonchev–Trinajstić information content (AvgIpc) is 2.94. The molecule has 0 N–H and O–H groups in total. The molecule has 0 spiro atoms. The van der Waals surface area contributed by atoms with Gasteiger partial charge in [0.1, 0.15) is 5.75 Å². The lowest BCUT2D eigenvalue weighted by Crippen LogP contribution is -2.48. The number of ketones is 1. The van der Waals surface area contributed by atoms with Crippen LogP contribution in [0.15, 0.2) is 18.2 Å². The van der Waals surface area contributed by atoms with Crippen molar-refractivity contribution in [1.82, 2.24) is 0 Å². The minimum absolute atomic E-state index is 0.0924. The van der Waals surface area contributed by atoms with Crippen molar-refractivity contribution in [2.75, 3.05) is 14.2 Å². The van der Waals surface area contributed by atoms with Gasteiger partial charge in [0.2, 0.25) is 0 Å². The Morgan fingerprint density at radius 1 is 1.17 bits per heavy atom. The molecule has 3 aliphatic carbocycles. The molecule has 0 bridgehead atoms. The first-order chi connectivity index (χ1) is 11.5. The third-order valence-electron chi connectivity index (χ3n) is 7.45. The van der Waals surface area contributed by atoms with Gasteiger partial charge in [-0.2, -0.15) is 0 Å². The summed E-state index contributed by atoms with van der Waals surface area (Å²) in [6, 6.07) is 6.10. The Balaban J connectivity index is 1.77. The molecule has 0 amide bonds. The van der Waals surface area contributed by atoms with Crippen LogP contribution in [0.25, 0.3) is 0 Å². The Kier molecular flexibility index (Phi) is 3.76. The van der Waals surface area contributed by atoms with Gasteiger partial charge in [0.15, 0.2) is 5.78 Å². The van der Waals surface area contributed by atoms with E-state index in [1.807, 2.05) is 19.2 Å². The highest BCUT2D eigenvalue weighted by Crippen LogP contribution is 2.62. The second-order valence-corrected chi connectivity index (χ2v) is 8.24. The molecule has 24 heavy (non-hydrogen) atoms. The summed E-state index contributed by atoms with van der Waals surface area (Å²) in [7, 11) is 3.51. The van der Waals surface area contributed by atoms with Gasteiger partial charge in [-0.05, 0) is 66.5 Å². The summed E-state index contributed by atoms with van der Waals surface area (Å²) in [6.45, 7) is 4.55. The van der Waals surface area contributed by atoms with Crippen molar-refractivity contribution in [3.63, 3.8) is 0 Å². The Hall–Kier alpha value is -1.35. The van der Waals surface area contributed by atoms with Crippen LogP contribution in [0.2, 0.25) is 0 Å². The smallest absolute Gasteiger partial charge is 0.166 e. The predicted molar refractivity (Wildman–Crippen MR) is 93.6 cm³/mol. The zero-order valence-electron chi connectivity index (χ0n) is 15.2. The molecule has 0 unspecified atom stereocenters. The van der Waals surface area contributed by atoms with Gasteiger partial charge in [0.05, 0.1) is 13.2 Å². The van der Waals surface area contributed by atoms with E-state index in [1.54, 1.807) is 7.11 Å². The minimum atomic E-state index is 0.0924. The third kappa shape index (κ3) is 2.03. The number of carbonyl (C=O) groups excluding carboxylic acids is 1. The van der Waals surface area contributed by atoms with Crippen molar-refractivity contribution >= 4 is 5.78 Å². The van der Waals surface area contributed by atoms with Gasteiger partial charge >= 0.3 is 0 Å². The van der Waals surface area contributed by atoms with Crippen molar-refractivity contribution in [2.24, 2.45) is 23.2 Å². The predicted octanol–water partition coefficient (Wildman–Crippen LogP) is 4.45. The standard InChI is InChI=1S/C21H28O3/c1-12-19-15(9-10-21(2)17(19)7-8-18(21)24-4)14-6-5-13(23-3)11-16(14)20(12)22/h5-6,11-12,15,17-19H,7-10H2,1-4H3/t12-,15+,17-,18-,19+,21-/m0/s1. The lowest BCUT2D eigenvalue weighted by molar-refractivity contribution is -0.0507. The van der Waals surface area contributed by atoms with E-state index in [-0.39, 0.29) is 11.3 Å². The highest BCUT2D eigenvalue weighted by Gasteiger charge is 2.57. The largest absolute Gasteiger partial charge is 0.497 e. The monoisotopic (exact) mass is 328 g/mol. The average molecular weight is 328 g/mol. The van der Waals surface area contributed by atoms with Crippen LogP contribution in [-0.2, 0) is 4.74 Å². The molecule has 3 heteroatoms. The third-order valence-corrected chi connectivity index (χ3v) is 7.45. The summed E-state index contributed by atoms with van der Waals surface area (Å²) >= 11 is 0. The van der Waals surface area contributed by atoms with Crippen LogP contribution in [0.1, 0.15) is 61.4 Å². The van der Waals surface area contributed by atoms with Gasteiger partial charge in [0.25, 0.3) is 0 Å². The number of hydrogen-bond acceptors (Lipinski definition) is 3. The van der Waals surface area contributed by atoms with Gasteiger partial charge in [-0.3, -0.25) is 4.79 Å². The molecule has 0 saturated heterocycles. The summed E-state index contributed by atoms with van der Waals surface area (Å²) in [5.74, 6) is 2.73. The van der Waals surface area contributed by atoms with Crippen molar-refractivity contribution in [3.8, 4) is 5.75 Å². The molecule has 0 heterocycles. The Bertz CT molecular complexity index is 667. The van der Waals surface area contributed by atoms with Crippen LogP contribution in [0.4, 0.5) is 0 Å². The number of rotatable bonds is 2. The number of benzene rings is 1. The van der Waals surface area contributed by atoms with E-state index in [0.29, 0.717) is 29.6 Å². The van der Waals surface area contributed by atoms with Crippen LogP contribution < -0.4 is 4.74 Å². The first-order valence-corrected chi connectivity index (χ1v) is 9.26. The van der Waals surface area contributed by atoms with Crippen LogP contribution in [-0.4, -0.2) is 26.1 Å². The molecule has 2 saturated carbocycles. The quantitative estimate of drug-likeness (QED) is 0.804. The van der Waals surface area contributed by atoms with E-state index in [2.05, 4.69) is 19.9 Å². The lowest BCUT2D eigenvalue weighted by Gasteiger charge is -2.52. The Morgan fingerprint density at radius 3 is 2.67 bits per heavy atom. The highest BCUT2D eigenvalue weighted by molar-refractivity contribution is 6.01. The molecule has 2 fully saturated rings. The first-order valence-electron chi connectivity index (χ1n) is 9.26. The van der Waals surface area contributed by atoms with E-state index in [0.717, 1.165) is 24.2 Å². The van der Waals surface area contributed by atoms with Gasteiger partial charge in [-0.25, -0.2) is 0 Å². The van der Waals surface area contributed by atoms with Crippen LogP contribution >= 0.6 is 0 Å². The summed E-state index contributed by atoms with van der Waals surface area (Å²) in [6.07, 6.45) is 5.04. The molecule has 130 valence electrons. The van der Waals surface area contributed by atoms with E-state index in [9.17, 15) is 4.79 Å². The van der Waals surface area contributed by atoms with Crippen molar-refractivity contribution in [3.05, 3.63) is 29.3 Å². The van der Waals surface area contributed by atoms with Crippen LogP contribution in [0.5, 0.6) is 5.75 Å². The summed E-state index contributed by atoms with van der Waals surface area (Å²) in [5, 5.41) is 0. The zero-order valence-corrected chi connectivity index (χ0v) is 15.2. The number of carbonyl (C=O) groups is 1. The zero-order chi connectivity index (χ0) is 17.1. The van der Waals surface area contributed by atoms with Crippen molar-refractivity contribution < 1.29 is 14.3 Å². The normalized spacial score (nSPS) is 40.7. The fourth-order valence-corrected chi connectivity index (χ4v) is 6.21. The molecule has 4 rings (SSSR count). The number of hydrogen-bond donors (Lipinski definition) is 0. The fraction of sp³-hybridized carbons (Fsp3) is 0.667. The van der Waals surface area contributed by atoms with E-state index in [1.165, 1.54) is 18.4 Å². The number of Topliss-reactive ketones (excluding diaryl/α,β-unsaturated/α-hetero) is 1. The molecule has 1 aromatic rings. The molecule has 0 aromatic heterocycles. The second-order valence-electron chi connectivity index (χ2n) is 8.24. The van der Waals surface area contributed by atoms with E-state index in [4.69, 9.17) is 9.47 Å². The van der Waals surface area contributed by atoms with E-state index < -0.39 is 0 Å². The molecule has 3 nitrogen and oxygen atoms in total. The minimum Gasteiger partial charge on any atom is -0.497 e. The van der Waals surface area contributed by atoms with Gasteiger partial charge < -0.3 is 9.47 Å². The number of methoxy groups -OCH3 is 2. The molecular weight excluding hydrogens is 300 g/mol. The number of ether oxygens (including phenoxy) is 2. The topological polar surface area (TPSA) is 35.5 Å². The van der Waals surface area contributed by atoms with Gasteiger partial charge in [-0.15, -0.1) is 0 Å². The first kappa shape index (κ1) is 16.1. The highest BCUT2D eigenvalue weighted by atomic mass is 16.5. The second kappa shape index (κ2) is 5.59. The molecule has 3 aliphatic rings. The summed E-state index contributed by atoms with van der Waals surface area (Å²) in [4.78, 5) is 13.1. The van der Waals surface area contributed by atoms with Crippen molar-refractivity contribution in [1.29, 1.82) is 0 Å². The maximum atomic E-state index is 13.1. The summed E-state index contributed by atoms with van der Waals surface area (Å²) < 4.78 is 11.2. The van der Waals surface area contributed by atoms with Gasteiger partial charge in [0, 0.05) is 18.6 Å². The lowest BCUT2D eigenvalue weighted by atomic mass is 9.52. The fourth-order valence-electron chi connectivity index (χ4n) is 6.21. The molecule has 0 aliphatic heterocycles. The van der Waals surface area contributed by atoms with Crippen LogP contribution in [0.3, 0.4) is 0 Å². The maximum Gasteiger partial charge on any atom is 0.166 e. The SMILES string of the molecule is COc1ccc2c(c1)C(=O)[C@@H](C)[C@@H]1[C@@H]2CC[C@]2(C)[C@@H](OC)CC[C@@H]12. The number of fused-ring (bicyclic) bond motifs is 5.